The summed E-state index contributed by atoms with van der Waals surface area (Å²) in [7, 11) is 2.16. The number of aryl methyl sites for hydroxylation is 1. The molecule has 3 heterocycles. The third-order valence-electron chi connectivity index (χ3n) is 4.28. The van der Waals surface area contributed by atoms with Crippen molar-refractivity contribution in [3.63, 3.8) is 0 Å². The van der Waals surface area contributed by atoms with Gasteiger partial charge in [-0.05, 0) is 51.9 Å². The van der Waals surface area contributed by atoms with Crippen molar-refractivity contribution in [3.05, 3.63) is 35.8 Å². The monoisotopic (exact) mass is 286 g/mol. The largest absolute Gasteiger partial charge is 0.352 e. The fourth-order valence-corrected chi connectivity index (χ4v) is 3.10. The third kappa shape index (κ3) is 2.93. The predicted molar refractivity (Wildman–Crippen MR) is 82.5 cm³/mol. The van der Waals surface area contributed by atoms with Gasteiger partial charge in [0.15, 0.2) is 0 Å². The summed E-state index contributed by atoms with van der Waals surface area (Å²) in [5, 5.41) is 3.03. The zero-order valence-electron chi connectivity index (χ0n) is 12.7. The number of likely N-dealkylation sites (tertiary alicyclic amines) is 1. The number of aromatic nitrogens is 2. The van der Waals surface area contributed by atoms with Crippen molar-refractivity contribution in [2.75, 3.05) is 20.1 Å². The number of nitrogens with one attached hydrogen (secondary N) is 1. The molecule has 0 spiro atoms. The molecule has 21 heavy (non-hydrogen) atoms. The molecule has 0 bridgehead atoms. The summed E-state index contributed by atoms with van der Waals surface area (Å²) in [6.45, 7) is 3.82. The van der Waals surface area contributed by atoms with Crippen LogP contribution >= 0.6 is 0 Å². The smallest absolute Gasteiger partial charge is 0.255 e. The maximum atomic E-state index is 12.3. The molecule has 112 valence electrons. The Morgan fingerprint density at radius 1 is 1.52 bits per heavy atom. The van der Waals surface area contributed by atoms with Gasteiger partial charge in [0.05, 0.1) is 11.3 Å². The standard InChI is InChI=1S/C16H22N4O/c1-12-11-20-10-4-6-14(15(20)18-12)16(21)17-8-7-13-5-3-9-19(13)2/h4,6,10-11,13H,3,5,7-9H2,1-2H3,(H,17,21)/t13-/m1/s1. The van der Waals surface area contributed by atoms with Crippen LogP contribution in [0.4, 0.5) is 0 Å². The average molecular weight is 286 g/mol. The van der Waals surface area contributed by atoms with E-state index in [1.807, 2.05) is 35.9 Å². The summed E-state index contributed by atoms with van der Waals surface area (Å²) in [5.74, 6) is -0.0353. The lowest BCUT2D eigenvalue weighted by atomic mass is 10.1. The van der Waals surface area contributed by atoms with E-state index in [0.717, 1.165) is 17.8 Å². The van der Waals surface area contributed by atoms with Gasteiger partial charge < -0.3 is 14.6 Å². The Morgan fingerprint density at radius 2 is 2.38 bits per heavy atom. The van der Waals surface area contributed by atoms with Gasteiger partial charge in [-0.1, -0.05) is 0 Å². The van der Waals surface area contributed by atoms with Crippen LogP contribution in [0.1, 0.15) is 35.3 Å². The second-order valence-electron chi connectivity index (χ2n) is 5.86. The highest BCUT2D eigenvalue weighted by atomic mass is 16.1. The van der Waals surface area contributed by atoms with Crippen LogP contribution in [0.15, 0.2) is 24.5 Å². The highest BCUT2D eigenvalue weighted by Crippen LogP contribution is 2.17. The number of amides is 1. The van der Waals surface area contributed by atoms with E-state index in [-0.39, 0.29) is 5.91 Å². The Morgan fingerprint density at radius 3 is 3.14 bits per heavy atom. The molecule has 1 atom stereocenters. The molecule has 1 saturated heterocycles. The zero-order valence-corrected chi connectivity index (χ0v) is 12.7. The van der Waals surface area contributed by atoms with Crippen LogP contribution in [0.3, 0.4) is 0 Å². The summed E-state index contributed by atoms with van der Waals surface area (Å²) in [5.41, 5.74) is 2.29. The molecule has 5 heteroatoms. The van der Waals surface area contributed by atoms with Crippen LogP contribution in [0.2, 0.25) is 0 Å². The molecule has 3 rings (SSSR count). The highest BCUT2D eigenvalue weighted by molar-refractivity contribution is 5.99. The molecule has 0 unspecified atom stereocenters. The van der Waals surface area contributed by atoms with Gasteiger partial charge in [0, 0.05) is 25.0 Å². The number of hydrogen-bond acceptors (Lipinski definition) is 3. The maximum Gasteiger partial charge on any atom is 0.255 e. The minimum Gasteiger partial charge on any atom is -0.352 e. The van der Waals surface area contributed by atoms with Gasteiger partial charge in [0.1, 0.15) is 5.65 Å². The fraction of sp³-hybridized carbons (Fsp3) is 0.500. The number of carbonyl (C=O) groups is 1. The van der Waals surface area contributed by atoms with Gasteiger partial charge >= 0.3 is 0 Å². The van der Waals surface area contributed by atoms with Gasteiger partial charge in [0.25, 0.3) is 5.91 Å². The van der Waals surface area contributed by atoms with Crippen LogP contribution in [0.25, 0.3) is 5.65 Å². The first-order valence-electron chi connectivity index (χ1n) is 7.58. The number of carbonyl (C=O) groups excluding carboxylic acids is 1. The molecule has 1 N–H and O–H groups in total. The lowest BCUT2D eigenvalue weighted by Gasteiger charge is -2.19. The van der Waals surface area contributed by atoms with Crippen molar-refractivity contribution in [3.8, 4) is 0 Å². The summed E-state index contributed by atoms with van der Waals surface area (Å²) < 4.78 is 1.90. The van der Waals surface area contributed by atoms with Crippen molar-refractivity contribution < 1.29 is 4.79 Å². The molecule has 0 aliphatic carbocycles. The van der Waals surface area contributed by atoms with Crippen molar-refractivity contribution in [1.29, 1.82) is 0 Å². The summed E-state index contributed by atoms with van der Waals surface area (Å²) in [4.78, 5) is 19.2. The third-order valence-corrected chi connectivity index (χ3v) is 4.28. The number of nitrogens with zero attached hydrogens (tertiary/aromatic N) is 3. The lowest BCUT2D eigenvalue weighted by Crippen LogP contribution is -2.32. The first kappa shape index (κ1) is 14.1. The van der Waals surface area contributed by atoms with Crippen LogP contribution in [-0.4, -0.2) is 46.4 Å². The average Bonchev–Trinajstić information content (AvgIpc) is 3.03. The Labute approximate surface area is 125 Å². The van der Waals surface area contributed by atoms with Gasteiger partial charge in [-0.25, -0.2) is 4.98 Å². The number of hydrogen-bond donors (Lipinski definition) is 1. The second-order valence-corrected chi connectivity index (χ2v) is 5.86. The van der Waals surface area contributed by atoms with E-state index in [1.54, 1.807) is 0 Å². The Balaban J connectivity index is 1.64. The molecule has 1 fully saturated rings. The highest BCUT2D eigenvalue weighted by Gasteiger charge is 2.20. The topological polar surface area (TPSA) is 49.6 Å². The van der Waals surface area contributed by atoms with Crippen LogP contribution in [0.5, 0.6) is 0 Å². The molecule has 0 radical (unpaired) electrons. The molecular weight excluding hydrogens is 264 g/mol. The molecule has 1 aliphatic heterocycles. The fourth-order valence-electron chi connectivity index (χ4n) is 3.10. The van der Waals surface area contributed by atoms with Crippen LogP contribution < -0.4 is 5.32 Å². The molecule has 2 aromatic heterocycles. The molecule has 0 aromatic carbocycles. The minimum atomic E-state index is -0.0353. The first-order valence-corrected chi connectivity index (χ1v) is 7.58. The molecule has 1 amide bonds. The number of fused-ring (bicyclic) bond motifs is 1. The van der Waals surface area contributed by atoms with E-state index < -0.39 is 0 Å². The van der Waals surface area contributed by atoms with Crippen molar-refractivity contribution >= 4 is 11.6 Å². The van der Waals surface area contributed by atoms with E-state index in [1.165, 1.54) is 19.4 Å². The predicted octanol–water partition coefficient (Wildman–Crippen LogP) is 1.86. The summed E-state index contributed by atoms with van der Waals surface area (Å²) in [6, 6.07) is 4.32. The van der Waals surface area contributed by atoms with Gasteiger partial charge in [-0.15, -0.1) is 0 Å². The molecule has 1 aliphatic rings. The van der Waals surface area contributed by atoms with E-state index in [0.29, 0.717) is 18.2 Å². The Bertz CT molecular complexity index is 649. The van der Waals surface area contributed by atoms with Gasteiger partial charge in [-0.3, -0.25) is 4.79 Å². The zero-order chi connectivity index (χ0) is 14.8. The van der Waals surface area contributed by atoms with Crippen molar-refractivity contribution in [2.45, 2.75) is 32.2 Å². The van der Waals surface area contributed by atoms with Crippen LogP contribution in [0, 0.1) is 6.92 Å². The van der Waals surface area contributed by atoms with E-state index >= 15 is 0 Å². The normalized spacial score (nSPS) is 19.2. The molecular formula is C16H22N4O. The molecule has 0 saturated carbocycles. The minimum absolute atomic E-state index is 0.0353. The van der Waals surface area contributed by atoms with E-state index in [4.69, 9.17) is 0 Å². The van der Waals surface area contributed by atoms with Gasteiger partial charge in [-0.2, -0.15) is 0 Å². The maximum absolute atomic E-state index is 12.3. The van der Waals surface area contributed by atoms with Crippen LogP contribution in [-0.2, 0) is 0 Å². The number of pyridine rings is 1. The van der Waals surface area contributed by atoms with Gasteiger partial charge in [0.2, 0.25) is 0 Å². The van der Waals surface area contributed by atoms with Crippen molar-refractivity contribution in [1.82, 2.24) is 19.6 Å². The number of rotatable bonds is 4. The number of imidazole rings is 1. The molecule has 2 aromatic rings. The quantitative estimate of drug-likeness (QED) is 0.933. The molecule has 5 nitrogen and oxygen atoms in total. The summed E-state index contributed by atoms with van der Waals surface area (Å²) >= 11 is 0. The SMILES string of the molecule is Cc1cn2cccc(C(=O)NCC[C@H]3CCCN3C)c2n1. The lowest BCUT2D eigenvalue weighted by molar-refractivity contribution is 0.0951. The summed E-state index contributed by atoms with van der Waals surface area (Å²) in [6.07, 6.45) is 7.36. The van der Waals surface area contributed by atoms with E-state index in [2.05, 4.69) is 22.2 Å². The first-order chi connectivity index (χ1) is 10.1. The van der Waals surface area contributed by atoms with E-state index in [9.17, 15) is 4.79 Å². The second kappa shape index (κ2) is 5.85. The Hall–Kier alpha value is -1.88. The van der Waals surface area contributed by atoms with Crippen molar-refractivity contribution in [2.24, 2.45) is 0 Å². The Kier molecular flexibility index (Phi) is 3.92.